The van der Waals surface area contributed by atoms with Crippen molar-refractivity contribution in [1.82, 2.24) is 9.88 Å². The normalized spacial score (nSPS) is 16.8. The van der Waals surface area contributed by atoms with E-state index in [1.165, 1.54) is 0 Å². The number of aromatic nitrogens is 1. The first-order valence-corrected chi connectivity index (χ1v) is 13.1. The van der Waals surface area contributed by atoms with Crippen LogP contribution in [0.1, 0.15) is 29.7 Å². The van der Waals surface area contributed by atoms with Gasteiger partial charge in [0.1, 0.15) is 17.3 Å². The van der Waals surface area contributed by atoms with Gasteiger partial charge in [-0.15, -0.1) is 0 Å². The van der Waals surface area contributed by atoms with E-state index in [9.17, 15) is 14.7 Å². The van der Waals surface area contributed by atoms with E-state index >= 15 is 0 Å². The van der Waals surface area contributed by atoms with E-state index in [1.54, 1.807) is 36.3 Å². The molecule has 0 radical (unpaired) electrons. The number of aliphatic hydroxyl groups excluding tert-OH is 1. The van der Waals surface area contributed by atoms with Gasteiger partial charge in [-0.05, 0) is 79.1 Å². The number of ketones is 1. The number of Topliss-reactive ketones (excluding diaryl/α,β-unsaturated/α-hetero) is 1. The first-order valence-electron chi connectivity index (χ1n) is 12.3. The topological polar surface area (TPSA) is 91.9 Å². The molecule has 0 spiro atoms. The first-order chi connectivity index (χ1) is 18.4. The van der Waals surface area contributed by atoms with Crippen molar-refractivity contribution in [2.75, 3.05) is 20.3 Å². The number of fused-ring (bicyclic) bond motifs is 1. The zero-order valence-electron chi connectivity index (χ0n) is 21.0. The fourth-order valence-electron chi connectivity index (χ4n) is 4.87. The first kappa shape index (κ1) is 25.6. The number of likely N-dealkylation sites (tertiary alicyclic amines) is 1. The summed E-state index contributed by atoms with van der Waals surface area (Å²) in [5.41, 5.74) is 3.21. The summed E-state index contributed by atoms with van der Waals surface area (Å²) in [5, 5.41) is 12.3. The lowest BCUT2D eigenvalue weighted by molar-refractivity contribution is -0.139. The van der Waals surface area contributed by atoms with Crippen LogP contribution in [0.3, 0.4) is 0 Å². The average Bonchev–Trinajstić information content (AvgIpc) is 3.45. The molecular formula is C30H27BrN2O5. The monoisotopic (exact) mass is 574 g/mol. The summed E-state index contributed by atoms with van der Waals surface area (Å²) in [4.78, 5) is 31.5. The van der Waals surface area contributed by atoms with E-state index in [0.717, 1.165) is 32.3 Å². The number of carbonyl (C=O) groups is 2. The van der Waals surface area contributed by atoms with Crippen LogP contribution in [0.4, 0.5) is 0 Å². The van der Waals surface area contributed by atoms with Gasteiger partial charge in [0.05, 0.1) is 25.3 Å². The van der Waals surface area contributed by atoms with Gasteiger partial charge in [-0.2, -0.15) is 0 Å². The molecule has 5 rings (SSSR count). The molecular weight excluding hydrogens is 548 g/mol. The molecule has 1 aromatic heterocycles. The van der Waals surface area contributed by atoms with Crippen LogP contribution in [0.15, 0.2) is 83.0 Å². The van der Waals surface area contributed by atoms with Crippen molar-refractivity contribution in [2.45, 2.75) is 19.4 Å². The standard InChI is InChI=1S/C30H27BrN2O5/c1-3-38-22-10-6-19(7-11-22)28(34)26-27(18-4-8-21(31)9-5-18)33(30(36)29(26)35)15-14-20-17-32-25-13-12-23(37-2)16-24(20)25/h4-13,16-17,27,32,34H,3,14-15H2,1-2H3/b28-26-. The number of methoxy groups -OCH3 is 1. The van der Waals surface area contributed by atoms with Crippen LogP contribution < -0.4 is 9.47 Å². The number of hydrogen-bond acceptors (Lipinski definition) is 5. The molecule has 0 aliphatic carbocycles. The number of rotatable bonds is 8. The highest BCUT2D eigenvalue weighted by Gasteiger charge is 2.45. The van der Waals surface area contributed by atoms with Crippen molar-refractivity contribution in [2.24, 2.45) is 0 Å². The highest BCUT2D eigenvalue weighted by Crippen LogP contribution is 2.40. The van der Waals surface area contributed by atoms with Gasteiger partial charge in [0.2, 0.25) is 0 Å². The fraction of sp³-hybridized carbons (Fsp3) is 0.200. The number of hydrogen-bond donors (Lipinski definition) is 2. The molecule has 2 N–H and O–H groups in total. The van der Waals surface area contributed by atoms with Crippen molar-refractivity contribution >= 4 is 44.3 Å². The van der Waals surface area contributed by atoms with Crippen molar-refractivity contribution < 1.29 is 24.2 Å². The average molecular weight is 575 g/mol. The molecule has 1 fully saturated rings. The van der Waals surface area contributed by atoms with Crippen LogP contribution in [-0.4, -0.2) is 46.9 Å². The molecule has 0 saturated carbocycles. The number of nitrogens with one attached hydrogen (secondary N) is 1. The number of amides is 1. The number of aromatic amines is 1. The van der Waals surface area contributed by atoms with Crippen molar-refractivity contribution in [3.05, 3.63) is 99.7 Å². The zero-order chi connectivity index (χ0) is 26.8. The number of H-pyrrole nitrogens is 1. The largest absolute Gasteiger partial charge is 0.507 e. The third-order valence-electron chi connectivity index (χ3n) is 6.76. The van der Waals surface area contributed by atoms with Gasteiger partial charge >= 0.3 is 0 Å². The van der Waals surface area contributed by atoms with Crippen LogP contribution in [0.2, 0.25) is 0 Å². The molecule has 1 aliphatic rings. The number of halogens is 1. The van der Waals surface area contributed by atoms with E-state index in [-0.39, 0.29) is 17.9 Å². The van der Waals surface area contributed by atoms with Crippen molar-refractivity contribution in [1.29, 1.82) is 0 Å². The van der Waals surface area contributed by atoms with Crippen LogP contribution in [0.25, 0.3) is 16.7 Å². The van der Waals surface area contributed by atoms with Crippen molar-refractivity contribution in [3.8, 4) is 11.5 Å². The molecule has 8 heteroatoms. The van der Waals surface area contributed by atoms with E-state index in [2.05, 4.69) is 20.9 Å². The van der Waals surface area contributed by atoms with E-state index in [1.807, 2.05) is 55.6 Å². The Hall–Kier alpha value is -4.04. The van der Waals surface area contributed by atoms with Gasteiger partial charge in [0.15, 0.2) is 0 Å². The lowest BCUT2D eigenvalue weighted by Gasteiger charge is -2.25. The Balaban J connectivity index is 1.53. The van der Waals surface area contributed by atoms with Crippen LogP contribution >= 0.6 is 15.9 Å². The Morgan fingerprint density at radius 2 is 1.74 bits per heavy atom. The van der Waals surface area contributed by atoms with Crippen LogP contribution in [-0.2, 0) is 16.0 Å². The minimum atomic E-state index is -0.727. The van der Waals surface area contributed by atoms with Gasteiger partial charge in [-0.25, -0.2) is 0 Å². The minimum Gasteiger partial charge on any atom is -0.507 e. The third kappa shape index (κ3) is 4.79. The Morgan fingerprint density at radius 3 is 2.42 bits per heavy atom. The second-order valence-electron chi connectivity index (χ2n) is 8.98. The summed E-state index contributed by atoms with van der Waals surface area (Å²) in [6, 6.07) is 19.3. The summed E-state index contributed by atoms with van der Waals surface area (Å²) in [6.45, 7) is 2.69. The molecule has 1 atom stereocenters. The Morgan fingerprint density at radius 1 is 1.03 bits per heavy atom. The van der Waals surface area contributed by atoms with Crippen LogP contribution in [0.5, 0.6) is 11.5 Å². The molecule has 2 heterocycles. The smallest absolute Gasteiger partial charge is 0.295 e. The molecule has 38 heavy (non-hydrogen) atoms. The molecule has 0 bridgehead atoms. The maximum absolute atomic E-state index is 13.3. The fourth-order valence-corrected chi connectivity index (χ4v) is 5.13. The van der Waals surface area contributed by atoms with E-state index in [4.69, 9.17) is 9.47 Å². The maximum atomic E-state index is 13.3. The number of nitrogens with zero attached hydrogens (tertiary/aromatic N) is 1. The molecule has 3 aromatic carbocycles. The lowest BCUT2D eigenvalue weighted by Crippen LogP contribution is -2.31. The number of aliphatic hydroxyl groups is 1. The summed E-state index contributed by atoms with van der Waals surface area (Å²) in [6.07, 6.45) is 2.42. The van der Waals surface area contributed by atoms with Gasteiger partial charge in [-0.1, -0.05) is 28.1 Å². The van der Waals surface area contributed by atoms with Gasteiger partial charge in [0.25, 0.3) is 11.7 Å². The summed E-state index contributed by atoms with van der Waals surface area (Å²) in [7, 11) is 1.62. The molecule has 1 unspecified atom stereocenters. The summed E-state index contributed by atoms with van der Waals surface area (Å²) >= 11 is 3.45. The number of ether oxygens (including phenoxy) is 2. The third-order valence-corrected chi connectivity index (χ3v) is 7.29. The maximum Gasteiger partial charge on any atom is 0.295 e. The predicted molar refractivity (Wildman–Crippen MR) is 149 cm³/mol. The molecule has 1 amide bonds. The summed E-state index contributed by atoms with van der Waals surface area (Å²) in [5.74, 6) is -0.153. The zero-order valence-corrected chi connectivity index (χ0v) is 22.6. The highest BCUT2D eigenvalue weighted by molar-refractivity contribution is 9.10. The molecule has 1 saturated heterocycles. The number of carbonyl (C=O) groups excluding carboxylic acids is 2. The molecule has 7 nitrogen and oxygen atoms in total. The van der Waals surface area contributed by atoms with Crippen molar-refractivity contribution in [3.63, 3.8) is 0 Å². The molecule has 4 aromatic rings. The second-order valence-corrected chi connectivity index (χ2v) is 9.89. The van der Waals surface area contributed by atoms with E-state index in [0.29, 0.717) is 24.3 Å². The minimum absolute atomic E-state index is 0.0714. The van der Waals surface area contributed by atoms with Crippen LogP contribution in [0, 0.1) is 0 Å². The summed E-state index contributed by atoms with van der Waals surface area (Å²) < 4.78 is 11.7. The Labute approximate surface area is 228 Å². The Bertz CT molecular complexity index is 1520. The van der Waals surface area contributed by atoms with Gasteiger partial charge in [0, 0.05) is 33.7 Å². The molecule has 1 aliphatic heterocycles. The highest BCUT2D eigenvalue weighted by atomic mass is 79.9. The lowest BCUT2D eigenvalue weighted by atomic mass is 9.95. The second kappa shape index (κ2) is 10.8. The van der Waals surface area contributed by atoms with Gasteiger partial charge in [-0.3, -0.25) is 9.59 Å². The SMILES string of the molecule is CCOc1ccc(/C(O)=C2/C(=O)C(=O)N(CCc3c[nH]c4ccc(OC)cc34)C2c2ccc(Br)cc2)cc1. The molecule has 194 valence electrons. The number of benzene rings is 3. The quantitative estimate of drug-likeness (QED) is 0.153. The van der Waals surface area contributed by atoms with E-state index < -0.39 is 17.7 Å². The van der Waals surface area contributed by atoms with Gasteiger partial charge < -0.3 is 24.5 Å². The Kier molecular flexibility index (Phi) is 7.24. The predicted octanol–water partition coefficient (Wildman–Crippen LogP) is 6.00.